The smallest absolute Gasteiger partial charge is 0.306 e. The van der Waals surface area contributed by atoms with E-state index >= 15 is 0 Å². The summed E-state index contributed by atoms with van der Waals surface area (Å²) in [7, 11) is 0. The lowest BCUT2D eigenvalue weighted by atomic mass is 10.1. The molecule has 0 amide bonds. The molecule has 0 aliphatic carbocycles. The number of rotatable bonds is 52. The van der Waals surface area contributed by atoms with Crippen molar-refractivity contribution in [3.8, 4) is 0 Å². The maximum Gasteiger partial charge on any atom is 0.306 e. The Morgan fingerprint density at radius 1 is 0.348 bits per heavy atom. The van der Waals surface area contributed by atoms with Crippen LogP contribution in [-0.4, -0.2) is 37.9 Å². The third-order valence-corrected chi connectivity index (χ3v) is 12.2. The molecule has 0 radical (unpaired) electrons. The number of ether oxygens (including phenoxy) is 3. The number of allylic oxidation sites excluding steroid dienone is 12. The standard InChI is InChI=1S/C61H108O5/c1-4-7-10-13-16-19-22-25-28-29-30-31-32-35-38-41-44-47-50-53-56-64-57-59(66-61(63)55-52-49-46-43-40-37-34-27-24-21-18-15-12-9-6-3)58-65-60(62)54-51-48-45-42-39-36-33-26-23-20-17-14-11-8-5-2/h8,11,17,20,25-28,33-34,39,42,59H,4-7,9-10,12-16,18-19,21-24,29-32,35-38,40-41,43-58H2,1-3H3/b11-8-,20-17-,28-25-,33-26-,34-27-,42-39-. The molecule has 0 N–H and O–H groups in total. The van der Waals surface area contributed by atoms with Gasteiger partial charge in [-0.1, -0.05) is 229 Å². The first-order valence-electron chi connectivity index (χ1n) is 28.5. The zero-order valence-corrected chi connectivity index (χ0v) is 44.0. The maximum absolute atomic E-state index is 12.8. The highest BCUT2D eigenvalue weighted by Crippen LogP contribution is 2.15. The Hall–Kier alpha value is -2.66. The normalized spacial score (nSPS) is 12.7. The van der Waals surface area contributed by atoms with Gasteiger partial charge in [-0.2, -0.15) is 0 Å². The van der Waals surface area contributed by atoms with Gasteiger partial charge in [-0.25, -0.2) is 0 Å². The second-order valence-electron chi connectivity index (χ2n) is 18.8. The molecular weight excluding hydrogens is 813 g/mol. The Balaban J connectivity index is 4.31. The Labute approximate surface area is 410 Å². The van der Waals surface area contributed by atoms with Gasteiger partial charge in [0.15, 0.2) is 6.10 Å². The molecule has 0 bridgehead atoms. The quantitative estimate of drug-likeness (QED) is 0.0346. The van der Waals surface area contributed by atoms with Crippen LogP contribution >= 0.6 is 0 Å². The predicted molar refractivity (Wildman–Crippen MR) is 288 cm³/mol. The van der Waals surface area contributed by atoms with Crippen LogP contribution in [0.5, 0.6) is 0 Å². The van der Waals surface area contributed by atoms with Gasteiger partial charge in [0.25, 0.3) is 0 Å². The van der Waals surface area contributed by atoms with E-state index < -0.39 is 6.10 Å². The lowest BCUT2D eigenvalue weighted by Gasteiger charge is -2.18. The average molecular weight is 922 g/mol. The SMILES string of the molecule is CC/C=C\C/C=C\C/C=C\C/C=C\CCCCC(=O)OCC(COCCCCCCCCCCCC/C=C\CCCCCCCC)OC(=O)CCCCCCC/C=C\CCCCCCCC. The molecule has 0 aromatic carbocycles. The number of hydrogen-bond acceptors (Lipinski definition) is 5. The number of carbonyl (C=O) groups is 2. The Morgan fingerprint density at radius 2 is 0.682 bits per heavy atom. The molecule has 0 spiro atoms. The molecule has 0 saturated heterocycles. The fraction of sp³-hybridized carbons (Fsp3) is 0.770. The van der Waals surface area contributed by atoms with Crippen LogP contribution in [0.3, 0.4) is 0 Å². The molecule has 0 aliphatic heterocycles. The number of unbranched alkanes of at least 4 members (excludes halogenated alkanes) is 29. The van der Waals surface area contributed by atoms with Gasteiger partial charge in [0.2, 0.25) is 0 Å². The van der Waals surface area contributed by atoms with E-state index in [-0.39, 0.29) is 25.2 Å². The lowest BCUT2D eigenvalue weighted by molar-refractivity contribution is -0.163. The van der Waals surface area contributed by atoms with Crippen molar-refractivity contribution in [1.29, 1.82) is 0 Å². The summed E-state index contributed by atoms with van der Waals surface area (Å²) in [6.07, 6.45) is 73.6. The summed E-state index contributed by atoms with van der Waals surface area (Å²) in [6, 6.07) is 0. The molecule has 1 atom stereocenters. The second kappa shape index (κ2) is 56.7. The van der Waals surface area contributed by atoms with Gasteiger partial charge in [0, 0.05) is 19.4 Å². The second-order valence-corrected chi connectivity index (χ2v) is 18.8. The first-order chi connectivity index (χ1) is 32.6. The minimum atomic E-state index is -0.560. The summed E-state index contributed by atoms with van der Waals surface area (Å²) in [4.78, 5) is 25.5. The summed E-state index contributed by atoms with van der Waals surface area (Å²) in [5, 5.41) is 0. The fourth-order valence-electron chi connectivity index (χ4n) is 7.96. The van der Waals surface area contributed by atoms with Crippen LogP contribution in [0.2, 0.25) is 0 Å². The Kier molecular flexibility index (Phi) is 54.4. The van der Waals surface area contributed by atoms with E-state index in [0.717, 1.165) is 83.5 Å². The molecule has 1 unspecified atom stereocenters. The third-order valence-electron chi connectivity index (χ3n) is 12.2. The number of esters is 2. The van der Waals surface area contributed by atoms with Gasteiger partial charge in [-0.15, -0.1) is 0 Å². The van der Waals surface area contributed by atoms with E-state index in [1.54, 1.807) is 0 Å². The minimum absolute atomic E-state index is 0.0593. The Morgan fingerprint density at radius 3 is 1.14 bits per heavy atom. The van der Waals surface area contributed by atoms with Crippen LogP contribution in [0.4, 0.5) is 0 Å². The summed E-state index contributed by atoms with van der Waals surface area (Å²) in [5.74, 6) is -0.449. The van der Waals surface area contributed by atoms with Crippen molar-refractivity contribution in [1.82, 2.24) is 0 Å². The van der Waals surface area contributed by atoms with E-state index in [4.69, 9.17) is 14.2 Å². The topological polar surface area (TPSA) is 61.8 Å². The molecular formula is C61H108O5. The minimum Gasteiger partial charge on any atom is -0.462 e. The maximum atomic E-state index is 12.8. The van der Waals surface area contributed by atoms with E-state index in [1.807, 2.05) is 0 Å². The first kappa shape index (κ1) is 63.3. The van der Waals surface area contributed by atoms with E-state index in [2.05, 4.69) is 93.7 Å². The van der Waals surface area contributed by atoms with Gasteiger partial charge in [-0.05, 0) is 109 Å². The molecule has 0 aromatic rings. The molecule has 0 aliphatic rings. The molecule has 0 aromatic heterocycles. The van der Waals surface area contributed by atoms with Crippen molar-refractivity contribution in [3.63, 3.8) is 0 Å². The van der Waals surface area contributed by atoms with E-state index in [1.165, 1.54) is 161 Å². The molecule has 0 heterocycles. The van der Waals surface area contributed by atoms with Crippen LogP contribution < -0.4 is 0 Å². The lowest BCUT2D eigenvalue weighted by Crippen LogP contribution is -2.30. The molecule has 0 rings (SSSR count). The summed E-state index contributed by atoms with van der Waals surface area (Å²) in [5.41, 5.74) is 0. The van der Waals surface area contributed by atoms with Gasteiger partial charge < -0.3 is 14.2 Å². The fourth-order valence-corrected chi connectivity index (χ4v) is 7.96. The molecule has 0 saturated carbocycles. The van der Waals surface area contributed by atoms with Crippen LogP contribution in [0.25, 0.3) is 0 Å². The predicted octanol–water partition coefficient (Wildman–Crippen LogP) is 19.5. The number of hydrogen-bond donors (Lipinski definition) is 0. The van der Waals surface area contributed by atoms with Crippen molar-refractivity contribution in [2.75, 3.05) is 19.8 Å². The third kappa shape index (κ3) is 54.0. The van der Waals surface area contributed by atoms with E-state index in [0.29, 0.717) is 19.4 Å². The van der Waals surface area contributed by atoms with Crippen molar-refractivity contribution in [3.05, 3.63) is 72.9 Å². The molecule has 66 heavy (non-hydrogen) atoms. The monoisotopic (exact) mass is 921 g/mol. The van der Waals surface area contributed by atoms with Crippen LogP contribution in [0.15, 0.2) is 72.9 Å². The van der Waals surface area contributed by atoms with Gasteiger partial charge in [0.05, 0.1) is 6.61 Å². The van der Waals surface area contributed by atoms with Crippen molar-refractivity contribution in [2.24, 2.45) is 0 Å². The summed E-state index contributed by atoms with van der Waals surface area (Å²) in [6.45, 7) is 7.68. The van der Waals surface area contributed by atoms with Crippen molar-refractivity contribution < 1.29 is 23.8 Å². The summed E-state index contributed by atoms with van der Waals surface area (Å²) < 4.78 is 17.4. The first-order valence-corrected chi connectivity index (χ1v) is 28.5. The highest BCUT2D eigenvalue weighted by Gasteiger charge is 2.17. The zero-order valence-electron chi connectivity index (χ0n) is 44.0. The summed E-state index contributed by atoms with van der Waals surface area (Å²) >= 11 is 0. The van der Waals surface area contributed by atoms with Gasteiger partial charge >= 0.3 is 11.9 Å². The molecule has 5 heteroatoms. The van der Waals surface area contributed by atoms with Crippen LogP contribution in [0.1, 0.15) is 278 Å². The molecule has 0 fully saturated rings. The highest BCUT2D eigenvalue weighted by atomic mass is 16.6. The van der Waals surface area contributed by atoms with Gasteiger partial charge in [0.1, 0.15) is 6.61 Å². The highest BCUT2D eigenvalue weighted by molar-refractivity contribution is 5.70. The van der Waals surface area contributed by atoms with Crippen molar-refractivity contribution in [2.45, 2.75) is 284 Å². The molecule has 382 valence electrons. The number of carbonyl (C=O) groups excluding carboxylic acids is 2. The zero-order chi connectivity index (χ0) is 47.7. The van der Waals surface area contributed by atoms with E-state index in [9.17, 15) is 9.59 Å². The van der Waals surface area contributed by atoms with Crippen LogP contribution in [-0.2, 0) is 23.8 Å². The average Bonchev–Trinajstić information content (AvgIpc) is 3.32. The molecule has 5 nitrogen and oxygen atoms in total. The van der Waals surface area contributed by atoms with Crippen molar-refractivity contribution >= 4 is 11.9 Å². The largest absolute Gasteiger partial charge is 0.462 e. The Bertz CT molecular complexity index is 1180. The van der Waals surface area contributed by atoms with Crippen LogP contribution in [0, 0.1) is 0 Å². The van der Waals surface area contributed by atoms with Gasteiger partial charge in [-0.3, -0.25) is 9.59 Å².